The van der Waals surface area contributed by atoms with Crippen LogP contribution < -0.4 is 0 Å². The van der Waals surface area contributed by atoms with E-state index in [0.29, 0.717) is 18.4 Å². The molecule has 0 unspecified atom stereocenters. The smallest absolute Gasteiger partial charge is 0.226 e. The minimum atomic E-state index is -0.239. The van der Waals surface area contributed by atoms with Crippen LogP contribution in [-0.4, -0.2) is 44.9 Å². The maximum Gasteiger partial charge on any atom is 0.226 e. The summed E-state index contributed by atoms with van der Waals surface area (Å²) >= 11 is 0. The zero-order valence-electron chi connectivity index (χ0n) is 14.4. The number of morpholine rings is 1. The molecule has 0 bridgehead atoms. The molecule has 0 radical (unpaired) electrons. The molecule has 0 aromatic carbocycles. The zero-order valence-corrected chi connectivity index (χ0v) is 14.4. The molecular weight excluding hydrogens is 290 g/mol. The number of hydrogen-bond donors (Lipinski definition) is 0. The highest BCUT2D eigenvalue weighted by Crippen LogP contribution is 2.49. The van der Waals surface area contributed by atoms with Crippen molar-refractivity contribution in [3.8, 4) is 0 Å². The zero-order chi connectivity index (χ0) is 16.2. The number of aryl methyl sites for hydroxylation is 1. The highest BCUT2D eigenvalue weighted by atomic mass is 16.5. The Balaban J connectivity index is 1.48. The van der Waals surface area contributed by atoms with Crippen LogP contribution in [0.25, 0.3) is 0 Å². The molecule has 4 rings (SSSR count). The monoisotopic (exact) mass is 317 g/mol. The first kappa shape index (κ1) is 15.2. The van der Waals surface area contributed by atoms with E-state index in [1.54, 1.807) is 0 Å². The van der Waals surface area contributed by atoms with Crippen LogP contribution in [0.5, 0.6) is 0 Å². The predicted molar refractivity (Wildman–Crippen MR) is 87.0 cm³/mol. The first-order valence-electron chi connectivity index (χ1n) is 8.85. The molecule has 1 spiro atoms. The quantitative estimate of drug-likeness (QED) is 0.842. The van der Waals surface area contributed by atoms with Gasteiger partial charge >= 0.3 is 0 Å². The summed E-state index contributed by atoms with van der Waals surface area (Å²) in [5.41, 5.74) is 0.876. The normalized spacial score (nSPS) is 31.5. The van der Waals surface area contributed by atoms with Crippen LogP contribution in [0.1, 0.15) is 57.4 Å². The van der Waals surface area contributed by atoms with Crippen LogP contribution in [-0.2, 0) is 16.6 Å². The van der Waals surface area contributed by atoms with Gasteiger partial charge in [0.05, 0.1) is 17.4 Å². The third-order valence-corrected chi connectivity index (χ3v) is 5.63. The van der Waals surface area contributed by atoms with Crippen LogP contribution in [0.2, 0.25) is 0 Å². The molecule has 23 heavy (non-hydrogen) atoms. The summed E-state index contributed by atoms with van der Waals surface area (Å²) in [5.74, 6) is 0.828. The molecule has 3 fully saturated rings. The van der Waals surface area contributed by atoms with Crippen molar-refractivity contribution in [2.75, 3.05) is 13.1 Å². The van der Waals surface area contributed by atoms with Gasteiger partial charge in [-0.15, -0.1) is 0 Å². The van der Waals surface area contributed by atoms with E-state index < -0.39 is 0 Å². The lowest BCUT2D eigenvalue weighted by atomic mass is 9.93. The van der Waals surface area contributed by atoms with E-state index in [2.05, 4.69) is 23.8 Å². The average molecular weight is 317 g/mol. The van der Waals surface area contributed by atoms with Crippen LogP contribution in [0.15, 0.2) is 12.4 Å². The second-order valence-electron chi connectivity index (χ2n) is 8.34. The molecule has 1 aliphatic heterocycles. The molecule has 1 saturated heterocycles. The van der Waals surface area contributed by atoms with Gasteiger partial charge in [-0.3, -0.25) is 9.48 Å². The van der Waals surface area contributed by atoms with Gasteiger partial charge < -0.3 is 9.64 Å². The van der Waals surface area contributed by atoms with E-state index in [4.69, 9.17) is 4.74 Å². The summed E-state index contributed by atoms with van der Waals surface area (Å²) in [7, 11) is 1.93. The van der Waals surface area contributed by atoms with Crippen molar-refractivity contribution < 1.29 is 9.53 Å². The van der Waals surface area contributed by atoms with Gasteiger partial charge in [0, 0.05) is 32.3 Å². The average Bonchev–Trinajstić information content (AvgIpc) is 2.96. The Kier molecular flexibility index (Phi) is 3.34. The summed E-state index contributed by atoms with van der Waals surface area (Å²) in [6, 6.07) is 0. The van der Waals surface area contributed by atoms with E-state index >= 15 is 0 Å². The molecular formula is C18H27N3O2. The third kappa shape index (κ3) is 2.80. The molecule has 1 amide bonds. The lowest BCUT2D eigenvalue weighted by Crippen LogP contribution is -2.60. The topological polar surface area (TPSA) is 47.4 Å². The molecule has 2 aliphatic carbocycles. The van der Waals surface area contributed by atoms with Crippen LogP contribution in [0, 0.1) is 5.92 Å². The molecule has 3 aliphatic rings. The first-order valence-corrected chi connectivity index (χ1v) is 8.85. The summed E-state index contributed by atoms with van der Waals surface area (Å²) in [4.78, 5) is 15.1. The Morgan fingerprint density at radius 2 is 2.04 bits per heavy atom. The van der Waals surface area contributed by atoms with Gasteiger partial charge in [0.2, 0.25) is 5.91 Å². The van der Waals surface area contributed by atoms with E-state index in [0.717, 1.165) is 25.8 Å². The van der Waals surface area contributed by atoms with Crippen molar-refractivity contribution in [2.24, 2.45) is 13.0 Å². The van der Waals surface area contributed by atoms with Crippen molar-refractivity contribution in [1.29, 1.82) is 0 Å². The number of carbonyl (C=O) groups excluding carboxylic acids is 1. The van der Waals surface area contributed by atoms with Gasteiger partial charge in [-0.2, -0.15) is 5.10 Å². The van der Waals surface area contributed by atoms with Crippen molar-refractivity contribution in [1.82, 2.24) is 14.7 Å². The molecule has 2 heterocycles. The van der Waals surface area contributed by atoms with E-state index in [1.807, 2.05) is 24.1 Å². The minimum absolute atomic E-state index is 0.0872. The maximum atomic E-state index is 13.0. The van der Waals surface area contributed by atoms with E-state index in [9.17, 15) is 4.79 Å². The number of carbonyl (C=O) groups is 1. The Labute approximate surface area is 138 Å². The predicted octanol–water partition coefficient (Wildman–Crippen LogP) is 2.47. The maximum absolute atomic E-state index is 13.0. The van der Waals surface area contributed by atoms with Crippen molar-refractivity contribution >= 4 is 5.91 Å². The van der Waals surface area contributed by atoms with Gasteiger partial charge in [0.1, 0.15) is 0 Å². The molecule has 5 nitrogen and oxygen atoms in total. The Hall–Kier alpha value is -1.36. The van der Waals surface area contributed by atoms with Gasteiger partial charge in [0.15, 0.2) is 0 Å². The number of ether oxygens (including phenoxy) is 1. The fourth-order valence-corrected chi connectivity index (χ4v) is 4.65. The molecule has 126 valence electrons. The van der Waals surface area contributed by atoms with Gasteiger partial charge in [-0.1, -0.05) is 12.8 Å². The van der Waals surface area contributed by atoms with Crippen molar-refractivity contribution in [2.45, 2.75) is 63.1 Å². The fraction of sp³-hybridized carbons (Fsp3) is 0.778. The molecule has 0 N–H and O–H groups in total. The number of rotatable bonds is 2. The highest BCUT2D eigenvalue weighted by Gasteiger charge is 2.52. The highest BCUT2D eigenvalue weighted by molar-refractivity contribution is 5.83. The third-order valence-electron chi connectivity index (χ3n) is 5.63. The number of amides is 1. The Bertz CT molecular complexity index is 616. The molecule has 1 aromatic rings. The summed E-state index contributed by atoms with van der Waals surface area (Å²) < 4.78 is 8.23. The lowest BCUT2D eigenvalue weighted by molar-refractivity contribution is -0.198. The van der Waals surface area contributed by atoms with Crippen LogP contribution >= 0.6 is 0 Å². The van der Waals surface area contributed by atoms with Gasteiger partial charge in [0.25, 0.3) is 0 Å². The second kappa shape index (κ2) is 5.07. The standard InChI is InChI=1S/C18H27N3O2/c1-17(2)11-21(12-18(23-17)6-4-5-7-18)16(22)15-8-14(15)13-9-19-20(3)10-13/h9-10,14-15H,4-8,11-12H2,1-3H3/t14-,15+/m0/s1. The molecule has 1 aromatic heterocycles. The summed E-state index contributed by atoms with van der Waals surface area (Å²) in [5, 5.41) is 4.24. The summed E-state index contributed by atoms with van der Waals surface area (Å²) in [6.45, 7) is 5.74. The largest absolute Gasteiger partial charge is 0.365 e. The minimum Gasteiger partial charge on any atom is -0.365 e. The van der Waals surface area contributed by atoms with Crippen LogP contribution in [0.3, 0.4) is 0 Å². The number of hydrogen-bond acceptors (Lipinski definition) is 3. The van der Waals surface area contributed by atoms with E-state index in [-0.39, 0.29) is 17.1 Å². The Morgan fingerprint density at radius 1 is 1.30 bits per heavy atom. The molecule has 2 saturated carbocycles. The van der Waals surface area contributed by atoms with Crippen molar-refractivity contribution in [3.05, 3.63) is 18.0 Å². The number of aromatic nitrogens is 2. The molecule has 5 heteroatoms. The SMILES string of the molecule is Cn1cc([C@@H]2C[C@H]2C(=O)N2CC(C)(C)OC3(CCCC3)C2)cn1. The molecule has 2 atom stereocenters. The fourth-order valence-electron chi connectivity index (χ4n) is 4.65. The van der Waals surface area contributed by atoms with Crippen molar-refractivity contribution in [3.63, 3.8) is 0 Å². The summed E-state index contributed by atoms with van der Waals surface area (Å²) in [6.07, 6.45) is 9.54. The van der Waals surface area contributed by atoms with Crippen LogP contribution in [0.4, 0.5) is 0 Å². The first-order chi connectivity index (χ1) is 10.9. The second-order valence-corrected chi connectivity index (χ2v) is 8.34. The lowest BCUT2D eigenvalue weighted by Gasteiger charge is -2.49. The van der Waals surface area contributed by atoms with Gasteiger partial charge in [-0.05, 0) is 44.6 Å². The number of nitrogens with zero attached hydrogens (tertiary/aromatic N) is 3. The van der Waals surface area contributed by atoms with E-state index in [1.165, 1.54) is 18.4 Å². The Morgan fingerprint density at radius 3 is 2.70 bits per heavy atom. The van der Waals surface area contributed by atoms with Gasteiger partial charge in [-0.25, -0.2) is 0 Å².